The maximum absolute atomic E-state index is 12.0. The normalized spacial score (nSPS) is 13.2. The number of carbonyl (C=O) groups excluding carboxylic acids is 1. The van der Waals surface area contributed by atoms with Crippen LogP contribution in [0.1, 0.15) is 24.2 Å². The van der Waals surface area contributed by atoms with E-state index < -0.39 is 18.2 Å². The first-order valence-corrected chi connectivity index (χ1v) is 5.35. The third-order valence-electron chi connectivity index (χ3n) is 2.14. The lowest BCUT2D eigenvalue weighted by molar-refractivity contribution is -0.274. The number of ketones is 1. The van der Waals surface area contributed by atoms with Gasteiger partial charge in [0.25, 0.3) is 0 Å². The number of carbonyl (C=O) groups is 1. The summed E-state index contributed by atoms with van der Waals surface area (Å²) in [5.41, 5.74) is 0.123. The van der Waals surface area contributed by atoms with Crippen LogP contribution in [-0.2, 0) is 4.74 Å². The molecule has 0 heterocycles. The van der Waals surface area contributed by atoms with Crippen LogP contribution in [-0.4, -0.2) is 24.9 Å². The van der Waals surface area contributed by atoms with Gasteiger partial charge in [-0.15, -0.1) is 13.2 Å². The van der Waals surface area contributed by atoms with E-state index >= 15 is 0 Å². The van der Waals surface area contributed by atoms with Gasteiger partial charge in [-0.3, -0.25) is 4.79 Å². The Morgan fingerprint density at radius 3 is 2.61 bits per heavy atom. The highest BCUT2D eigenvalue weighted by Gasteiger charge is 2.31. The predicted molar refractivity (Wildman–Crippen MR) is 58.5 cm³/mol. The summed E-state index contributed by atoms with van der Waals surface area (Å²) >= 11 is 0. The Morgan fingerprint density at radius 2 is 2.06 bits per heavy atom. The van der Waals surface area contributed by atoms with Crippen LogP contribution in [0, 0.1) is 0 Å². The van der Waals surface area contributed by atoms with Crippen LogP contribution in [0.5, 0.6) is 5.75 Å². The van der Waals surface area contributed by atoms with E-state index in [0.29, 0.717) is 6.61 Å². The fourth-order valence-corrected chi connectivity index (χ4v) is 1.41. The van der Waals surface area contributed by atoms with Gasteiger partial charge in [-0.2, -0.15) is 0 Å². The van der Waals surface area contributed by atoms with Crippen molar-refractivity contribution in [3.05, 3.63) is 29.8 Å². The van der Waals surface area contributed by atoms with Crippen LogP contribution in [0.25, 0.3) is 0 Å². The molecule has 0 spiro atoms. The Kier molecular flexibility index (Phi) is 4.72. The molecule has 1 aromatic rings. The van der Waals surface area contributed by atoms with Crippen LogP contribution in [0.3, 0.4) is 0 Å². The summed E-state index contributed by atoms with van der Waals surface area (Å²) in [6, 6.07) is 4.93. The van der Waals surface area contributed by atoms with Crippen LogP contribution in [0.2, 0.25) is 0 Å². The number of Topliss-reactive ketones (excluding diaryl/α,β-unsaturated/α-hetero) is 1. The molecule has 6 heteroatoms. The topological polar surface area (TPSA) is 35.5 Å². The van der Waals surface area contributed by atoms with Gasteiger partial charge in [-0.1, -0.05) is 12.1 Å². The zero-order chi connectivity index (χ0) is 13.8. The lowest BCUT2D eigenvalue weighted by Crippen LogP contribution is -2.21. The number of hydrogen-bond acceptors (Lipinski definition) is 3. The summed E-state index contributed by atoms with van der Waals surface area (Å²) in [7, 11) is 0. The van der Waals surface area contributed by atoms with E-state index in [1.807, 2.05) is 0 Å². The van der Waals surface area contributed by atoms with E-state index in [2.05, 4.69) is 4.74 Å². The molecule has 1 aromatic carbocycles. The molecule has 0 aromatic heterocycles. The maximum atomic E-state index is 12.0. The average molecular weight is 262 g/mol. The van der Waals surface area contributed by atoms with Gasteiger partial charge in [-0.05, 0) is 26.0 Å². The standard InChI is InChI=1S/C12H13F3O3/c1-3-17-8(2)11(16)9-5-4-6-10(7-9)18-12(13,14)15/h4-8H,3H2,1-2H3. The minimum Gasteiger partial charge on any atom is -0.406 e. The van der Waals surface area contributed by atoms with Gasteiger partial charge in [0.1, 0.15) is 11.9 Å². The predicted octanol–water partition coefficient (Wildman–Crippen LogP) is 3.19. The maximum Gasteiger partial charge on any atom is 0.573 e. The first kappa shape index (κ1) is 14.5. The number of rotatable bonds is 5. The van der Waals surface area contributed by atoms with Crippen LogP contribution in [0.15, 0.2) is 24.3 Å². The second-order valence-electron chi connectivity index (χ2n) is 3.54. The number of benzene rings is 1. The van der Waals surface area contributed by atoms with Crippen molar-refractivity contribution in [3.8, 4) is 5.75 Å². The third kappa shape index (κ3) is 4.37. The van der Waals surface area contributed by atoms with Crippen molar-refractivity contribution in [2.24, 2.45) is 0 Å². The SMILES string of the molecule is CCOC(C)C(=O)c1cccc(OC(F)(F)F)c1. The average Bonchev–Trinajstić information content (AvgIpc) is 2.26. The zero-order valence-corrected chi connectivity index (χ0v) is 9.95. The highest BCUT2D eigenvalue weighted by Crippen LogP contribution is 2.23. The van der Waals surface area contributed by atoms with E-state index in [1.165, 1.54) is 12.1 Å². The van der Waals surface area contributed by atoms with Crippen LogP contribution in [0.4, 0.5) is 13.2 Å². The summed E-state index contributed by atoms with van der Waals surface area (Å²) in [6.07, 6.45) is -5.47. The number of halogens is 3. The molecule has 0 N–H and O–H groups in total. The second-order valence-corrected chi connectivity index (χ2v) is 3.54. The quantitative estimate of drug-likeness (QED) is 0.764. The van der Waals surface area contributed by atoms with Crippen LogP contribution >= 0.6 is 0 Å². The summed E-state index contributed by atoms with van der Waals surface area (Å²) < 4.78 is 44.9. The van der Waals surface area contributed by atoms with Gasteiger partial charge in [-0.25, -0.2) is 0 Å². The largest absolute Gasteiger partial charge is 0.573 e. The Hall–Kier alpha value is -1.56. The minimum atomic E-state index is -4.77. The summed E-state index contributed by atoms with van der Waals surface area (Å²) in [5, 5.41) is 0. The molecular weight excluding hydrogens is 249 g/mol. The molecule has 0 saturated heterocycles. The second kappa shape index (κ2) is 5.86. The smallest absolute Gasteiger partial charge is 0.406 e. The van der Waals surface area contributed by atoms with Gasteiger partial charge in [0.2, 0.25) is 0 Å². The molecule has 0 bridgehead atoms. The van der Waals surface area contributed by atoms with Crippen molar-refractivity contribution in [1.82, 2.24) is 0 Å². The van der Waals surface area contributed by atoms with Crippen molar-refractivity contribution < 1.29 is 27.4 Å². The van der Waals surface area contributed by atoms with Gasteiger partial charge in [0.15, 0.2) is 5.78 Å². The Morgan fingerprint density at radius 1 is 1.39 bits per heavy atom. The molecule has 0 aliphatic carbocycles. The first-order valence-electron chi connectivity index (χ1n) is 5.35. The van der Waals surface area contributed by atoms with Crippen molar-refractivity contribution in [2.75, 3.05) is 6.61 Å². The van der Waals surface area contributed by atoms with Crippen molar-refractivity contribution >= 4 is 5.78 Å². The van der Waals surface area contributed by atoms with Crippen molar-refractivity contribution in [1.29, 1.82) is 0 Å². The molecule has 1 atom stereocenters. The minimum absolute atomic E-state index is 0.123. The highest BCUT2D eigenvalue weighted by molar-refractivity contribution is 5.99. The molecule has 0 fully saturated rings. The molecular formula is C12H13F3O3. The fourth-order valence-electron chi connectivity index (χ4n) is 1.41. The molecule has 1 unspecified atom stereocenters. The summed E-state index contributed by atoms with van der Waals surface area (Å²) in [5.74, 6) is -0.804. The van der Waals surface area contributed by atoms with Crippen molar-refractivity contribution in [3.63, 3.8) is 0 Å². The van der Waals surface area contributed by atoms with E-state index in [9.17, 15) is 18.0 Å². The van der Waals surface area contributed by atoms with Gasteiger partial charge in [0.05, 0.1) is 0 Å². The lowest BCUT2D eigenvalue weighted by Gasteiger charge is -2.12. The van der Waals surface area contributed by atoms with Gasteiger partial charge < -0.3 is 9.47 Å². The molecule has 0 aliphatic heterocycles. The molecule has 0 aliphatic rings. The molecule has 18 heavy (non-hydrogen) atoms. The molecule has 0 radical (unpaired) electrons. The Balaban J connectivity index is 2.85. The van der Waals surface area contributed by atoms with Gasteiger partial charge >= 0.3 is 6.36 Å². The number of alkyl halides is 3. The number of ether oxygens (including phenoxy) is 2. The lowest BCUT2D eigenvalue weighted by atomic mass is 10.1. The van der Waals surface area contributed by atoms with E-state index in [-0.39, 0.29) is 11.3 Å². The molecule has 3 nitrogen and oxygen atoms in total. The molecule has 1 rings (SSSR count). The molecule has 0 saturated carbocycles. The zero-order valence-electron chi connectivity index (χ0n) is 9.95. The van der Waals surface area contributed by atoms with Crippen LogP contribution < -0.4 is 4.74 Å². The van der Waals surface area contributed by atoms with E-state index in [1.54, 1.807) is 13.8 Å². The third-order valence-corrected chi connectivity index (χ3v) is 2.14. The van der Waals surface area contributed by atoms with E-state index in [0.717, 1.165) is 12.1 Å². The first-order chi connectivity index (χ1) is 8.33. The van der Waals surface area contributed by atoms with Gasteiger partial charge in [0, 0.05) is 12.2 Å². The monoisotopic (exact) mass is 262 g/mol. The fraction of sp³-hybridized carbons (Fsp3) is 0.417. The van der Waals surface area contributed by atoms with E-state index in [4.69, 9.17) is 4.74 Å². The molecule has 100 valence electrons. The summed E-state index contributed by atoms with van der Waals surface area (Å²) in [6.45, 7) is 3.63. The number of hydrogen-bond donors (Lipinski definition) is 0. The highest BCUT2D eigenvalue weighted by atomic mass is 19.4. The van der Waals surface area contributed by atoms with Crippen molar-refractivity contribution in [2.45, 2.75) is 26.3 Å². The Labute approximate surface area is 103 Å². The summed E-state index contributed by atoms with van der Waals surface area (Å²) in [4.78, 5) is 11.8. The molecule has 0 amide bonds. The Bertz CT molecular complexity index is 415.